The van der Waals surface area contributed by atoms with Crippen molar-refractivity contribution in [3.63, 3.8) is 0 Å². The van der Waals surface area contributed by atoms with Gasteiger partial charge in [-0.15, -0.1) is 0 Å². The van der Waals surface area contributed by atoms with Crippen LogP contribution in [0.4, 0.5) is 0 Å². The third kappa shape index (κ3) is 7.65. The third-order valence-electron chi connectivity index (χ3n) is 4.87. The minimum absolute atomic E-state index is 0.0540. The molecular formula is C20H36O3. The van der Waals surface area contributed by atoms with Crippen LogP contribution < -0.4 is 0 Å². The minimum atomic E-state index is -0.502. The van der Waals surface area contributed by atoms with Gasteiger partial charge in [0.15, 0.2) is 0 Å². The van der Waals surface area contributed by atoms with Crippen molar-refractivity contribution in [1.29, 1.82) is 0 Å². The maximum atomic E-state index is 10.2. The van der Waals surface area contributed by atoms with Gasteiger partial charge >= 0.3 is 0 Å². The molecule has 1 saturated carbocycles. The second-order valence-electron chi connectivity index (χ2n) is 6.91. The fourth-order valence-corrected chi connectivity index (χ4v) is 3.36. The zero-order valence-corrected chi connectivity index (χ0v) is 14.9. The first-order valence-corrected chi connectivity index (χ1v) is 9.47. The SMILES string of the molecule is CCCC/C=C\C[C@@H]1[C@@H](/C=C/[C@@H](O)CCCCC)[C@H](O)C[C@@H]1O. The average molecular weight is 325 g/mol. The van der Waals surface area contributed by atoms with E-state index in [-0.39, 0.29) is 11.8 Å². The first-order valence-electron chi connectivity index (χ1n) is 9.47. The van der Waals surface area contributed by atoms with Crippen LogP contribution >= 0.6 is 0 Å². The van der Waals surface area contributed by atoms with Gasteiger partial charge in [0.1, 0.15) is 0 Å². The van der Waals surface area contributed by atoms with Crippen LogP contribution in [-0.4, -0.2) is 33.6 Å². The summed E-state index contributed by atoms with van der Waals surface area (Å²) < 4.78 is 0. The zero-order chi connectivity index (χ0) is 17.1. The molecule has 0 spiro atoms. The molecule has 0 saturated heterocycles. The van der Waals surface area contributed by atoms with Crippen LogP contribution in [0.15, 0.2) is 24.3 Å². The molecule has 0 aromatic heterocycles. The van der Waals surface area contributed by atoms with Crippen molar-refractivity contribution in [1.82, 2.24) is 0 Å². The Morgan fingerprint density at radius 3 is 2.43 bits per heavy atom. The summed E-state index contributed by atoms with van der Waals surface area (Å²) in [5.74, 6) is 0.00335. The Morgan fingerprint density at radius 2 is 1.74 bits per heavy atom. The lowest BCUT2D eigenvalue weighted by atomic mass is 9.89. The lowest BCUT2D eigenvalue weighted by molar-refractivity contribution is 0.120. The highest BCUT2D eigenvalue weighted by atomic mass is 16.3. The number of aliphatic hydroxyl groups excluding tert-OH is 3. The van der Waals surface area contributed by atoms with Crippen LogP contribution in [0.1, 0.15) is 71.6 Å². The topological polar surface area (TPSA) is 60.7 Å². The third-order valence-corrected chi connectivity index (χ3v) is 4.87. The first-order chi connectivity index (χ1) is 11.1. The van der Waals surface area contributed by atoms with Gasteiger partial charge in [-0.2, -0.15) is 0 Å². The van der Waals surface area contributed by atoms with Crippen LogP contribution in [0, 0.1) is 11.8 Å². The van der Waals surface area contributed by atoms with Gasteiger partial charge in [0.2, 0.25) is 0 Å². The molecule has 1 aliphatic rings. The molecule has 1 fully saturated rings. The Kier molecular flexibility index (Phi) is 10.5. The van der Waals surface area contributed by atoms with Crippen molar-refractivity contribution in [2.75, 3.05) is 0 Å². The standard InChI is InChI=1S/C20H36O3/c1-3-5-7-8-10-12-17-18(20(23)15-19(17)22)14-13-16(21)11-9-6-4-2/h8,10,13-14,16-23H,3-7,9,11-12,15H2,1-2H3/b10-8-,14-13+/t16-,17+,18+,19-,20+/m0/s1. The fourth-order valence-electron chi connectivity index (χ4n) is 3.36. The molecule has 0 radical (unpaired) electrons. The summed E-state index contributed by atoms with van der Waals surface area (Å²) in [5, 5.41) is 30.4. The molecule has 1 aliphatic carbocycles. The van der Waals surface area contributed by atoms with Gasteiger partial charge < -0.3 is 15.3 Å². The normalized spacial score (nSPS) is 29.8. The summed E-state index contributed by atoms with van der Waals surface area (Å²) in [4.78, 5) is 0. The molecular weight excluding hydrogens is 288 g/mol. The van der Waals surface area contributed by atoms with Crippen molar-refractivity contribution in [3.05, 3.63) is 24.3 Å². The van der Waals surface area contributed by atoms with E-state index in [2.05, 4.69) is 26.0 Å². The molecule has 0 unspecified atom stereocenters. The lowest BCUT2D eigenvalue weighted by Gasteiger charge is -2.19. The van der Waals surface area contributed by atoms with E-state index in [0.29, 0.717) is 6.42 Å². The molecule has 1 rings (SSSR count). The van der Waals surface area contributed by atoms with Gasteiger partial charge in [-0.1, -0.05) is 70.3 Å². The van der Waals surface area contributed by atoms with E-state index in [1.54, 1.807) is 0 Å². The number of unbranched alkanes of at least 4 members (excludes halogenated alkanes) is 4. The smallest absolute Gasteiger partial charge is 0.0721 e. The summed E-state index contributed by atoms with van der Waals surface area (Å²) in [6.07, 6.45) is 15.5. The monoisotopic (exact) mass is 324 g/mol. The molecule has 0 aliphatic heterocycles. The van der Waals surface area contributed by atoms with Crippen molar-refractivity contribution in [2.24, 2.45) is 11.8 Å². The Bertz CT molecular complexity index is 351. The van der Waals surface area contributed by atoms with Gasteiger partial charge in [-0.25, -0.2) is 0 Å². The van der Waals surface area contributed by atoms with Gasteiger partial charge in [-0.05, 0) is 25.2 Å². The Morgan fingerprint density at radius 1 is 1.00 bits per heavy atom. The predicted octanol–water partition coefficient (Wildman–Crippen LogP) is 3.98. The Balaban J connectivity index is 2.50. The molecule has 134 valence electrons. The maximum Gasteiger partial charge on any atom is 0.0721 e. The molecule has 0 aromatic carbocycles. The summed E-state index contributed by atoms with van der Waals surface area (Å²) in [6.45, 7) is 4.33. The second kappa shape index (κ2) is 11.8. The number of hydrogen-bond acceptors (Lipinski definition) is 3. The molecule has 3 nitrogen and oxygen atoms in total. The van der Waals surface area contributed by atoms with Crippen LogP contribution in [-0.2, 0) is 0 Å². The Hall–Kier alpha value is -0.640. The highest BCUT2D eigenvalue weighted by Gasteiger charge is 2.39. The van der Waals surface area contributed by atoms with E-state index in [0.717, 1.165) is 38.5 Å². The predicted molar refractivity (Wildman–Crippen MR) is 96.2 cm³/mol. The number of aliphatic hydroxyl groups is 3. The van der Waals surface area contributed by atoms with Crippen LogP contribution in [0.25, 0.3) is 0 Å². The molecule has 0 aromatic rings. The van der Waals surface area contributed by atoms with Crippen LogP contribution in [0.5, 0.6) is 0 Å². The maximum absolute atomic E-state index is 10.2. The van der Waals surface area contributed by atoms with E-state index in [4.69, 9.17) is 0 Å². The molecule has 0 heterocycles. The molecule has 0 bridgehead atoms. The van der Waals surface area contributed by atoms with Crippen LogP contribution in [0.3, 0.4) is 0 Å². The summed E-state index contributed by atoms with van der Waals surface area (Å²) in [7, 11) is 0. The minimum Gasteiger partial charge on any atom is -0.393 e. The highest BCUT2D eigenvalue weighted by molar-refractivity contribution is 5.06. The van der Waals surface area contributed by atoms with E-state index in [9.17, 15) is 15.3 Å². The van der Waals surface area contributed by atoms with Crippen molar-refractivity contribution >= 4 is 0 Å². The van der Waals surface area contributed by atoms with Gasteiger partial charge in [0, 0.05) is 12.3 Å². The highest BCUT2D eigenvalue weighted by Crippen LogP contribution is 2.36. The Labute approximate surface area is 142 Å². The largest absolute Gasteiger partial charge is 0.393 e. The molecule has 5 atom stereocenters. The van der Waals surface area contributed by atoms with E-state index in [1.165, 1.54) is 12.8 Å². The summed E-state index contributed by atoms with van der Waals surface area (Å²) >= 11 is 0. The quantitative estimate of drug-likeness (QED) is 0.398. The van der Waals surface area contributed by atoms with Gasteiger partial charge in [0.25, 0.3) is 0 Å². The number of rotatable bonds is 11. The average Bonchev–Trinajstić information content (AvgIpc) is 2.79. The van der Waals surface area contributed by atoms with Crippen molar-refractivity contribution < 1.29 is 15.3 Å². The van der Waals surface area contributed by atoms with Gasteiger partial charge in [-0.3, -0.25) is 0 Å². The van der Waals surface area contributed by atoms with E-state index in [1.807, 2.05) is 12.2 Å². The number of allylic oxidation sites excluding steroid dienone is 2. The molecule has 3 heteroatoms. The zero-order valence-electron chi connectivity index (χ0n) is 14.9. The summed E-state index contributed by atoms with van der Waals surface area (Å²) in [5.41, 5.74) is 0. The van der Waals surface area contributed by atoms with Crippen molar-refractivity contribution in [2.45, 2.75) is 89.9 Å². The van der Waals surface area contributed by atoms with E-state index < -0.39 is 18.3 Å². The molecule has 3 N–H and O–H groups in total. The molecule has 23 heavy (non-hydrogen) atoms. The van der Waals surface area contributed by atoms with E-state index >= 15 is 0 Å². The molecule has 0 amide bonds. The van der Waals surface area contributed by atoms with Gasteiger partial charge in [0.05, 0.1) is 18.3 Å². The lowest BCUT2D eigenvalue weighted by Crippen LogP contribution is -2.20. The van der Waals surface area contributed by atoms with Crippen LogP contribution in [0.2, 0.25) is 0 Å². The fraction of sp³-hybridized carbons (Fsp3) is 0.800. The first kappa shape index (κ1) is 20.4. The summed E-state index contributed by atoms with van der Waals surface area (Å²) in [6, 6.07) is 0. The number of hydrogen-bond donors (Lipinski definition) is 3. The van der Waals surface area contributed by atoms with Crippen molar-refractivity contribution in [3.8, 4) is 0 Å². The second-order valence-corrected chi connectivity index (χ2v) is 6.91.